The largest absolute Gasteiger partial charge is 0.416 e. The Hall–Kier alpha value is -3.70. The lowest BCUT2D eigenvalue weighted by Crippen LogP contribution is -2.31. The average molecular weight is 473 g/mol. The van der Waals surface area contributed by atoms with E-state index in [1.54, 1.807) is 24.3 Å². The van der Waals surface area contributed by atoms with E-state index in [2.05, 4.69) is 9.97 Å². The van der Waals surface area contributed by atoms with Crippen LogP contribution in [0.25, 0.3) is 21.3 Å². The maximum Gasteiger partial charge on any atom is 0.416 e. The minimum Gasteiger partial charge on any atom is -0.396 e. The second-order valence-corrected chi connectivity index (χ2v) is 8.17. The molecule has 4 rings (SSSR count). The van der Waals surface area contributed by atoms with Gasteiger partial charge in [0.1, 0.15) is 17.0 Å². The van der Waals surface area contributed by atoms with Crippen LogP contribution in [0.4, 0.5) is 35.2 Å². The summed E-state index contributed by atoms with van der Waals surface area (Å²) in [6.07, 6.45) is -2.81. The van der Waals surface area contributed by atoms with Crippen LogP contribution in [0.3, 0.4) is 0 Å². The van der Waals surface area contributed by atoms with Crippen molar-refractivity contribution in [2.45, 2.75) is 12.6 Å². The Kier molecular flexibility index (Phi) is 5.91. The third-order valence-electron chi connectivity index (χ3n) is 5.00. The van der Waals surface area contributed by atoms with Gasteiger partial charge < -0.3 is 16.6 Å². The Morgan fingerprint density at radius 2 is 1.82 bits per heavy atom. The third-order valence-corrected chi connectivity index (χ3v) is 6.15. The topological polar surface area (TPSA) is 118 Å². The van der Waals surface area contributed by atoms with E-state index in [-0.39, 0.29) is 18.0 Å². The molecule has 33 heavy (non-hydrogen) atoms. The summed E-state index contributed by atoms with van der Waals surface area (Å²) in [6.45, 7) is -0.0732. The van der Waals surface area contributed by atoms with Gasteiger partial charge in [-0.3, -0.25) is 4.90 Å². The summed E-state index contributed by atoms with van der Waals surface area (Å²) < 4.78 is 39.4. The van der Waals surface area contributed by atoms with Gasteiger partial charge in [0.05, 0.1) is 22.3 Å². The fraction of sp³-hybridized carbons (Fsp3) is 0.136. The standard InChI is InChI=1S/C22H18F3N5O2S/c23-22(24,25)13-2-1-3-15(10-13)30(21(27)32)14-6-4-12(5-7-14)17-16(8-9-31)33-20-18(17)19(26)28-11-29-20/h1-7,10-11,31H,8-9H2,(H2,27,32)(H2,26,28,29). The molecule has 0 aliphatic heterocycles. The predicted octanol–water partition coefficient (Wildman–Crippen LogP) is 4.71. The molecule has 2 aromatic heterocycles. The number of anilines is 3. The lowest BCUT2D eigenvalue weighted by atomic mass is 10.0. The van der Waals surface area contributed by atoms with E-state index < -0.39 is 17.8 Å². The Morgan fingerprint density at radius 3 is 2.45 bits per heavy atom. The molecule has 0 bridgehead atoms. The summed E-state index contributed by atoms with van der Waals surface area (Å²) in [7, 11) is 0. The first-order valence-electron chi connectivity index (χ1n) is 9.70. The van der Waals surface area contributed by atoms with Gasteiger partial charge in [-0.1, -0.05) is 18.2 Å². The monoisotopic (exact) mass is 473 g/mol. The van der Waals surface area contributed by atoms with E-state index in [0.717, 1.165) is 33.0 Å². The smallest absolute Gasteiger partial charge is 0.396 e. The average Bonchev–Trinajstić information content (AvgIpc) is 3.13. The number of carbonyl (C=O) groups is 1. The summed E-state index contributed by atoms with van der Waals surface area (Å²) in [5.74, 6) is 0.294. The molecule has 0 saturated carbocycles. The van der Waals surface area contributed by atoms with Crippen LogP contribution in [0.2, 0.25) is 0 Å². The summed E-state index contributed by atoms with van der Waals surface area (Å²) in [6, 6.07) is 9.99. The highest BCUT2D eigenvalue weighted by atomic mass is 32.1. The normalized spacial score (nSPS) is 11.6. The molecule has 0 saturated heterocycles. The highest BCUT2D eigenvalue weighted by Gasteiger charge is 2.31. The number of nitrogens with zero attached hydrogens (tertiary/aromatic N) is 3. The number of aliphatic hydroxyl groups is 1. The fourth-order valence-corrected chi connectivity index (χ4v) is 4.74. The van der Waals surface area contributed by atoms with Crippen LogP contribution < -0.4 is 16.4 Å². The minimum atomic E-state index is -4.56. The molecule has 4 aromatic rings. The van der Waals surface area contributed by atoms with Crippen LogP contribution in [-0.4, -0.2) is 27.7 Å². The molecular formula is C22H18F3N5O2S. The summed E-state index contributed by atoms with van der Waals surface area (Å²) in [4.78, 5) is 23.0. The van der Waals surface area contributed by atoms with Crippen LogP contribution in [-0.2, 0) is 12.6 Å². The number of carbonyl (C=O) groups excluding carboxylic acids is 1. The van der Waals surface area contributed by atoms with Crippen LogP contribution in [0.5, 0.6) is 0 Å². The van der Waals surface area contributed by atoms with Crippen molar-refractivity contribution in [2.75, 3.05) is 17.2 Å². The molecule has 2 amide bonds. The van der Waals surface area contributed by atoms with Crippen LogP contribution in [0, 0.1) is 0 Å². The van der Waals surface area contributed by atoms with Gasteiger partial charge in [0.2, 0.25) is 0 Å². The third kappa shape index (κ3) is 4.32. The minimum absolute atomic E-state index is 0.00956. The van der Waals surface area contributed by atoms with Crippen LogP contribution in [0.1, 0.15) is 10.4 Å². The first-order valence-corrected chi connectivity index (χ1v) is 10.5. The fourth-order valence-electron chi connectivity index (χ4n) is 3.59. The zero-order chi connectivity index (χ0) is 23.8. The van der Waals surface area contributed by atoms with Crippen molar-refractivity contribution >= 4 is 44.8 Å². The zero-order valence-electron chi connectivity index (χ0n) is 17.0. The summed E-state index contributed by atoms with van der Waals surface area (Å²) in [5.41, 5.74) is 12.5. The number of benzene rings is 2. The van der Waals surface area contributed by atoms with Crippen LogP contribution >= 0.6 is 11.3 Å². The van der Waals surface area contributed by atoms with Gasteiger partial charge in [-0.2, -0.15) is 13.2 Å². The second kappa shape index (κ2) is 8.68. The van der Waals surface area contributed by atoms with Gasteiger partial charge in [0, 0.05) is 23.5 Å². The Bertz CT molecular complexity index is 1320. The van der Waals surface area contributed by atoms with Gasteiger partial charge in [0.15, 0.2) is 0 Å². The van der Waals surface area contributed by atoms with E-state index in [1.165, 1.54) is 29.8 Å². The molecule has 0 aliphatic rings. The number of thiophene rings is 1. The number of nitrogens with two attached hydrogens (primary N) is 2. The van der Waals surface area contributed by atoms with Gasteiger partial charge in [0.25, 0.3) is 0 Å². The van der Waals surface area contributed by atoms with E-state index in [1.807, 2.05) is 0 Å². The number of fused-ring (bicyclic) bond motifs is 1. The molecule has 2 aromatic carbocycles. The predicted molar refractivity (Wildman–Crippen MR) is 121 cm³/mol. The summed E-state index contributed by atoms with van der Waals surface area (Å²) in [5, 5.41) is 10.1. The van der Waals surface area contributed by atoms with Gasteiger partial charge >= 0.3 is 12.2 Å². The van der Waals surface area contributed by atoms with Gasteiger partial charge in [-0.25, -0.2) is 14.8 Å². The molecule has 0 radical (unpaired) electrons. The first kappa shape index (κ1) is 22.5. The van der Waals surface area contributed by atoms with E-state index in [9.17, 15) is 23.1 Å². The molecule has 0 unspecified atom stereocenters. The van der Waals surface area contributed by atoms with Crippen molar-refractivity contribution in [3.05, 3.63) is 65.3 Å². The van der Waals surface area contributed by atoms with E-state index in [4.69, 9.17) is 11.5 Å². The number of amides is 2. The lowest BCUT2D eigenvalue weighted by molar-refractivity contribution is -0.137. The molecule has 0 atom stereocenters. The van der Waals surface area contributed by atoms with E-state index in [0.29, 0.717) is 22.5 Å². The number of urea groups is 1. The van der Waals surface area contributed by atoms with Crippen molar-refractivity contribution in [1.82, 2.24) is 9.97 Å². The summed E-state index contributed by atoms with van der Waals surface area (Å²) >= 11 is 1.39. The number of aliphatic hydroxyl groups excluding tert-OH is 1. The van der Waals surface area contributed by atoms with Crippen molar-refractivity contribution < 1.29 is 23.1 Å². The molecule has 2 heterocycles. The van der Waals surface area contributed by atoms with Crippen molar-refractivity contribution in [3.8, 4) is 11.1 Å². The molecule has 5 N–H and O–H groups in total. The van der Waals surface area contributed by atoms with Crippen molar-refractivity contribution in [2.24, 2.45) is 5.73 Å². The molecule has 11 heteroatoms. The maximum absolute atomic E-state index is 13.1. The first-order chi connectivity index (χ1) is 15.7. The molecule has 7 nitrogen and oxygen atoms in total. The highest BCUT2D eigenvalue weighted by molar-refractivity contribution is 7.19. The van der Waals surface area contributed by atoms with Crippen LogP contribution in [0.15, 0.2) is 54.9 Å². The van der Waals surface area contributed by atoms with Crippen molar-refractivity contribution in [3.63, 3.8) is 0 Å². The number of rotatable bonds is 5. The number of halogens is 3. The maximum atomic E-state index is 13.1. The molecular weight excluding hydrogens is 455 g/mol. The number of aromatic nitrogens is 2. The zero-order valence-corrected chi connectivity index (χ0v) is 17.8. The highest BCUT2D eigenvalue weighted by Crippen LogP contribution is 2.41. The Balaban J connectivity index is 1.78. The number of hydrogen-bond acceptors (Lipinski definition) is 6. The van der Waals surface area contributed by atoms with Gasteiger partial charge in [-0.15, -0.1) is 11.3 Å². The number of primary amides is 1. The van der Waals surface area contributed by atoms with E-state index >= 15 is 0 Å². The Morgan fingerprint density at radius 1 is 1.09 bits per heavy atom. The molecule has 0 aliphatic carbocycles. The quantitative estimate of drug-likeness (QED) is 0.388. The number of alkyl halides is 3. The van der Waals surface area contributed by atoms with Gasteiger partial charge in [-0.05, 0) is 35.9 Å². The van der Waals surface area contributed by atoms with Crippen molar-refractivity contribution in [1.29, 1.82) is 0 Å². The molecule has 170 valence electrons. The number of nitrogen functional groups attached to an aromatic ring is 1. The second-order valence-electron chi connectivity index (χ2n) is 7.08. The lowest BCUT2D eigenvalue weighted by Gasteiger charge is -2.22. The SMILES string of the molecule is NC(=O)N(c1ccc(-c2c(CCO)sc3ncnc(N)c23)cc1)c1cccc(C(F)(F)F)c1. The molecule has 0 fully saturated rings. The number of hydrogen-bond donors (Lipinski definition) is 3. The molecule has 0 spiro atoms. The Labute approximate surface area is 190 Å².